The van der Waals surface area contributed by atoms with E-state index in [1.54, 1.807) is 69.1 Å². The van der Waals surface area contributed by atoms with E-state index in [1.165, 1.54) is 77.5 Å². The van der Waals surface area contributed by atoms with Crippen molar-refractivity contribution >= 4 is 112 Å². The van der Waals surface area contributed by atoms with Crippen molar-refractivity contribution in [1.82, 2.24) is 54.8 Å². The average Bonchev–Trinajstić information content (AvgIpc) is 1.47. The Bertz CT molecular complexity index is 5480. The molecule has 1 atom stereocenters. The second kappa shape index (κ2) is 49.7. The zero-order valence-corrected chi connectivity index (χ0v) is 83.0. The Balaban J connectivity index is 0.000000142. The van der Waals surface area contributed by atoms with E-state index in [-0.39, 0.29) is 123 Å². The van der Waals surface area contributed by atoms with Gasteiger partial charge in [-0.05, 0) is 198 Å². The minimum atomic E-state index is -2.65. The number of thiophene rings is 1. The molecule has 8 fully saturated rings. The largest absolute Gasteiger partial charge is 0.493 e. The fraction of sp³-hybridized carbons (Fsp3) is 0.578. The first-order valence-electron chi connectivity index (χ1n) is 49.8. The zero-order valence-electron chi connectivity index (χ0n) is 82.1. The lowest BCUT2D eigenvalue weighted by Gasteiger charge is -2.33. The number of hydrogen-bond acceptors (Lipinski definition) is 31. The average molecular weight is 1990 g/mol. The van der Waals surface area contributed by atoms with Gasteiger partial charge in [0.1, 0.15) is 36.0 Å². The van der Waals surface area contributed by atoms with Gasteiger partial charge in [0.2, 0.25) is 11.9 Å². The Morgan fingerprint density at radius 2 is 0.773 bits per heavy atom. The van der Waals surface area contributed by atoms with Crippen molar-refractivity contribution in [3.8, 4) is 52.1 Å². The van der Waals surface area contributed by atoms with Gasteiger partial charge in [-0.2, -0.15) is 15.2 Å². The van der Waals surface area contributed by atoms with Gasteiger partial charge < -0.3 is 108 Å². The Morgan fingerprint density at radius 1 is 0.418 bits per heavy atom. The molecule has 8 aliphatic heterocycles. The number of nitrogens with one attached hydrogen (secondary N) is 5. The molecule has 8 saturated heterocycles. The molecule has 10 aromatic rings. The van der Waals surface area contributed by atoms with Crippen LogP contribution in [0.2, 0.25) is 0 Å². The lowest BCUT2D eigenvalue weighted by atomic mass is 10.1. The maximum atomic E-state index is 13.8. The lowest BCUT2D eigenvalue weighted by molar-refractivity contribution is -0.0228. The van der Waals surface area contributed by atoms with Crippen LogP contribution < -0.4 is 84.1 Å². The van der Waals surface area contributed by atoms with Gasteiger partial charge in [0.05, 0.1) is 118 Å². The summed E-state index contributed by atoms with van der Waals surface area (Å²) >= 11 is 1.60. The van der Waals surface area contributed by atoms with Gasteiger partial charge in [-0.1, -0.05) is 0 Å². The van der Waals surface area contributed by atoms with Crippen molar-refractivity contribution in [2.75, 3.05) is 247 Å². The number of nitriles is 1. The number of anilines is 10. The fourth-order valence-electron chi connectivity index (χ4n) is 18.7. The maximum absolute atomic E-state index is 13.8. The number of aromatic nitrogens is 6. The molecule has 14 heterocycles. The summed E-state index contributed by atoms with van der Waals surface area (Å²) in [7, 11) is 8.28. The molecule has 5 N–H and O–H groups in total. The molecule has 6 aromatic heterocycles. The minimum absolute atomic E-state index is 0.0562. The summed E-state index contributed by atoms with van der Waals surface area (Å²) in [5.41, 5.74) is 4.33. The van der Waals surface area contributed by atoms with Gasteiger partial charge in [0.15, 0.2) is 51.9 Å². The number of methoxy groups -OCH3 is 4. The molecule has 39 heteroatoms. The normalized spacial score (nSPS) is 18.4. The molecule has 141 heavy (non-hydrogen) atoms. The van der Waals surface area contributed by atoms with Gasteiger partial charge in [0.25, 0.3) is 23.7 Å². The van der Waals surface area contributed by atoms with Crippen LogP contribution in [0.25, 0.3) is 43.6 Å². The third-order valence-corrected chi connectivity index (χ3v) is 27.5. The summed E-state index contributed by atoms with van der Waals surface area (Å²) in [6.07, 6.45) is 13.8. The van der Waals surface area contributed by atoms with E-state index < -0.39 is 23.7 Å². The lowest BCUT2D eigenvalue weighted by Crippen LogP contribution is -2.41. The molecule has 0 saturated carbocycles. The molecule has 8 aliphatic rings. The predicted molar refractivity (Wildman–Crippen MR) is 539 cm³/mol. The first kappa shape index (κ1) is 104. The van der Waals surface area contributed by atoms with Gasteiger partial charge in [-0.15, -0.1) is 11.3 Å². The standard InChI is InChI=1S/C27H42F2N6O3.C26H32F2N4O3.C26H32F2N4O2S.C23H30F2N6O2/c1-19(2)38-18-24(30-3)32-25-20-16-22(36-4)23(37-15-7-12-34-10-5-6-11-34)17-21(20)31-26(33-25)35-13-8-27(28,29)9-14-35;1-33-22-16-19-20(17-23(22)34-15-5-11-31-9-2-3-10-31)29-24(32-12-7-26(27,28)8-13-32)18-21(19)30-25-6-4-14-35-25;1-33-22-16-19-20(17-23(22)34-14-5-11-31-9-2-3-10-31)29-24(32-12-7-26(27,28)8-13-32)18-21(19)30-25-6-4-15-35-25;1-32-19-15-17-18(16-20(19)33-14-4-11-30-9-2-3-10-30)28-22(29-21(17)27-8-7-26)31-12-5-23(24,25)6-13-31/h16-17,19,24,30H,5-15,18H2,1-4H3,(H,31,32,33);4,6,14,16-18H,2-3,5,7-13,15H2,1H3,(H,29,30);4,6,15-18H,2-3,5,7-14H2,1H3,(H,29,30);15-16H,2-6,8-14H2,1H3,(H,27,28,29)/t24-;;;/m0.../s1. The van der Waals surface area contributed by atoms with Crippen molar-refractivity contribution in [2.24, 2.45) is 0 Å². The smallest absolute Gasteiger partial charge is 0.251 e. The highest BCUT2D eigenvalue weighted by atomic mass is 32.1. The number of furan rings is 1. The number of likely N-dealkylation sites (tertiary alicyclic amines) is 4. The Labute approximate surface area is 824 Å². The first-order valence-corrected chi connectivity index (χ1v) is 50.7. The van der Waals surface area contributed by atoms with Crippen LogP contribution >= 0.6 is 11.3 Å². The summed E-state index contributed by atoms with van der Waals surface area (Å²) < 4.78 is 168. The predicted octanol–water partition coefficient (Wildman–Crippen LogP) is 19.6. The third-order valence-electron chi connectivity index (χ3n) is 26.7. The van der Waals surface area contributed by atoms with Gasteiger partial charge in [-0.25, -0.2) is 55.1 Å². The third kappa shape index (κ3) is 29.3. The van der Waals surface area contributed by atoms with E-state index in [0.717, 1.165) is 116 Å². The SMILES string of the molecule is CN[C@H](COC(C)C)Nc1nc(N2CCC(F)(F)CC2)nc2cc(OCCCN3CCCC3)c(OC)cc12.COc1cc2c(NCC#N)nc(N3CCC(F)(F)CC3)nc2cc1OCCCN1CCCC1.COc1cc2c(Nc3ccco3)cc(N3CCC(F)(F)CC3)nc2cc1OCCCN1CCCC1.COc1cc2c(Nc3cccs3)cc(N3CCC(F)(F)CC3)nc2cc1OCCCN1CCCC1. The zero-order chi connectivity index (χ0) is 98.9. The second-order valence-electron chi connectivity index (χ2n) is 37.3. The molecule has 0 spiro atoms. The summed E-state index contributed by atoms with van der Waals surface area (Å²) in [4.78, 5) is 45.7. The summed E-state index contributed by atoms with van der Waals surface area (Å²) in [6, 6.07) is 28.4. The molecule has 18 rings (SSSR count). The van der Waals surface area contributed by atoms with Crippen LogP contribution in [-0.2, 0) is 4.74 Å². The second-order valence-corrected chi connectivity index (χ2v) is 38.3. The number of pyridine rings is 2. The Kier molecular flexibility index (Phi) is 36.7. The van der Waals surface area contributed by atoms with Crippen LogP contribution in [0, 0.1) is 11.3 Å². The van der Waals surface area contributed by atoms with E-state index in [4.69, 9.17) is 72.2 Å². The van der Waals surface area contributed by atoms with Crippen molar-refractivity contribution in [3.63, 3.8) is 0 Å². The molecular weight excluding hydrogens is 1850 g/mol. The molecule has 0 amide bonds. The van der Waals surface area contributed by atoms with Crippen molar-refractivity contribution in [3.05, 3.63) is 96.6 Å². The highest BCUT2D eigenvalue weighted by molar-refractivity contribution is 7.14. The number of hydrogen-bond donors (Lipinski definition) is 5. The topological polar surface area (TPSA) is 283 Å². The number of likely N-dealkylation sites (N-methyl/N-ethyl adjacent to an activating group) is 1. The number of halogens is 8. The molecule has 766 valence electrons. The number of rotatable bonds is 40. The molecule has 0 radical (unpaired) electrons. The number of nitrogens with zero attached hydrogens (tertiary/aromatic N) is 15. The molecule has 0 unspecified atom stereocenters. The number of ether oxygens (including phenoxy) is 9. The van der Waals surface area contributed by atoms with Gasteiger partial charge >= 0.3 is 0 Å². The summed E-state index contributed by atoms with van der Waals surface area (Å²) in [5, 5.41) is 31.6. The van der Waals surface area contributed by atoms with E-state index >= 15 is 0 Å². The first-order chi connectivity index (χ1) is 68.3. The van der Waals surface area contributed by atoms with Gasteiger partial charge in [0, 0.05) is 194 Å². The summed E-state index contributed by atoms with van der Waals surface area (Å²) in [6.45, 7) is 21.9. The van der Waals surface area contributed by atoms with Crippen LogP contribution in [0.1, 0.15) is 142 Å². The Hall–Kier alpha value is -11.2. The number of alkyl halides is 8. The Morgan fingerprint density at radius 3 is 1.11 bits per heavy atom. The van der Waals surface area contributed by atoms with E-state index in [0.29, 0.717) is 142 Å². The van der Waals surface area contributed by atoms with E-state index in [9.17, 15) is 35.1 Å². The van der Waals surface area contributed by atoms with Crippen LogP contribution in [-0.4, -0.2) is 291 Å². The molecule has 0 aliphatic carbocycles. The molecule has 30 nitrogen and oxygen atoms in total. The number of piperidine rings is 4. The molecule has 4 aromatic carbocycles. The van der Waals surface area contributed by atoms with Crippen LogP contribution in [0.4, 0.5) is 92.6 Å². The highest BCUT2D eigenvalue weighted by Gasteiger charge is 2.40. The van der Waals surface area contributed by atoms with Crippen molar-refractivity contribution in [1.29, 1.82) is 5.26 Å². The minimum Gasteiger partial charge on any atom is -0.493 e. The van der Waals surface area contributed by atoms with Crippen LogP contribution in [0.15, 0.2) is 101 Å². The quantitative estimate of drug-likeness (QED) is 0.0103. The van der Waals surface area contributed by atoms with Crippen LogP contribution in [0.5, 0.6) is 46.0 Å². The maximum Gasteiger partial charge on any atom is 0.251 e. The monoisotopic (exact) mass is 1990 g/mol. The molecule has 0 bridgehead atoms. The van der Waals surface area contributed by atoms with Gasteiger partial charge in [-0.3, -0.25) is 5.32 Å². The van der Waals surface area contributed by atoms with Crippen molar-refractivity contribution in [2.45, 2.75) is 178 Å². The van der Waals surface area contributed by atoms with Crippen LogP contribution in [0.3, 0.4) is 0 Å². The van der Waals surface area contributed by atoms with Crippen molar-refractivity contribution < 1.29 is 82.2 Å². The number of benzene rings is 4. The summed E-state index contributed by atoms with van der Waals surface area (Å²) in [5.74, 6) is -1.91. The highest BCUT2D eigenvalue weighted by Crippen LogP contribution is 2.45. The number of fused-ring (bicyclic) bond motifs is 4. The fourth-order valence-corrected chi connectivity index (χ4v) is 19.3. The van der Waals surface area contributed by atoms with E-state index in [2.05, 4.69) is 56.2 Å². The molecular formula is C102H136F8N20O10S. The van der Waals surface area contributed by atoms with E-state index in [1.807, 2.05) is 114 Å².